The van der Waals surface area contributed by atoms with Gasteiger partial charge in [0.05, 0.1) is 5.60 Å². The molecule has 0 saturated carbocycles. The van der Waals surface area contributed by atoms with Gasteiger partial charge in [-0.2, -0.15) is 0 Å². The molecule has 2 aliphatic rings. The van der Waals surface area contributed by atoms with Gasteiger partial charge in [-0.1, -0.05) is 48.5 Å². The Balaban J connectivity index is 1.40. The molecule has 2 heterocycles. The van der Waals surface area contributed by atoms with Gasteiger partial charge in [0.2, 0.25) is 0 Å². The van der Waals surface area contributed by atoms with Crippen LogP contribution < -0.4 is 4.90 Å². The summed E-state index contributed by atoms with van der Waals surface area (Å²) in [5.41, 5.74) is 3.04. The minimum absolute atomic E-state index is 0.0416. The molecule has 2 aliphatic heterocycles. The Labute approximate surface area is 170 Å². The summed E-state index contributed by atoms with van der Waals surface area (Å²) in [6, 6.07) is 22.0. The zero-order valence-corrected chi connectivity index (χ0v) is 17.4. The summed E-state index contributed by atoms with van der Waals surface area (Å²) in [4.78, 5) is 5.17. The summed E-state index contributed by atoms with van der Waals surface area (Å²) in [5, 5.41) is 0. The minimum atomic E-state index is -0.0416. The molecule has 28 heavy (non-hydrogen) atoms. The van der Waals surface area contributed by atoms with Crippen LogP contribution in [0, 0.1) is 0 Å². The summed E-state index contributed by atoms with van der Waals surface area (Å²) in [7, 11) is 0. The van der Waals surface area contributed by atoms with Gasteiger partial charge in [-0.15, -0.1) is 0 Å². The highest BCUT2D eigenvalue weighted by molar-refractivity contribution is 5.46. The zero-order chi connectivity index (χ0) is 19.5. The van der Waals surface area contributed by atoms with E-state index in [9.17, 15) is 0 Å². The van der Waals surface area contributed by atoms with Crippen LogP contribution in [0.25, 0.3) is 0 Å². The van der Waals surface area contributed by atoms with E-state index < -0.39 is 0 Å². The highest BCUT2D eigenvalue weighted by atomic mass is 16.5. The number of ether oxygens (including phenoxy) is 1. The number of nitrogens with zero attached hydrogens (tertiary/aromatic N) is 2. The molecule has 0 aromatic heterocycles. The molecule has 0 aliphatic carbocycles. The van der Waals surface area contributed by atoms with Crippen molar-refractivity contribution >= 4 is 5.69 Å². The van der Waals surface area contributed by atoms with E-state index in [0.29, 0.717) is 0 Å². The van der Waals surface area contributed by atoms with E-state index in [2.05, 4.69) is 84.3 Å². The quantitative estimate of drug-likeness (QED) is 0.748. The Hall–Kier alpha value is -1.84. The van der Waals surface area contributed by atoms with E-state index in [-0.39, 0.29) is 11.0 Å². The smallest absolute Gasteiger partial charge is 0.0635 e. The molecule has 0 unspecified atom stereocenters. The van der Waals surface area contributed by atoms with E-state index in [1.165, 1.54) is 24.2 Å². The number of rotatable bonds is 5. The van der Waals surface area contributed by atoms with Gasteiger partial charge in [0.1, 0.15) is 0 Å². The van der Waals surface area contributed by atoms with Gasteiger partial charge < -0.3 is 9.64 Å². The molecule has 0 amide bonds. The first kappa shape index (κ1) is 19.5. The van der Waals surface area contributed by atoms with Crippen molar-refractivity contribution in [2.45, 2.75) is 44.1 Å². The molecular formula is C25H34N2O. The molecule has 1 atom stereocenters. The molecule has 2 aromatic rings. The molecule has 2 saturated heterocycles. The average Bonchev–Trinajstić information content (AvgIpc) is 2.73. The van der Waals surface area contributed by atoms with Crippen molar-refractivity contribution in [3.8, 4) is 0 Å². The van der Waals surface area contributed by atoms with Crippen LogP contribution in [0.5, 0.6) is 0 Å². The third kappa shape index (κ3) is 4.42. The van der Waals surface area contributed by atoms with Crippen LogP contribution in [0.4, 0.5) is 5.69 Å². The van der Waals surface area contributed by atoms with Gasteiger partial charge in [-0.3, -0.25) is 4.90 Å². The number of para-hydroxylation sites is 1. The lowest BCUT2D eigenvalue weighted by Crippen LogP contribution is -2.49. The van der Waals surface area contributed by atoms with Crippen LogP contribution in [0.2, 0.25) is 0 Å². The van der Waals surface area contributed by atoms with Crippen LogP contribution in [0.1, 0.15) is 38.7 Å². The van der Waals surface area contributed by atoms with Crippen LogP contribution in [0.3, 0.4) is 0 Å². The summed E-state index contributed by atoms with van der Waals surface area (Å²) < 4.78 is 6.08. The van der Waals surface area contributed by atoms with Crippen molar-refractivity contribution in [3.63, 3.8) is 0 Å². The lowest BCUT2D eigenvalue weighted by Gasteiger charge is -2.47. The summed E-state index contributed by atoms with van der Waals surface area (Å²) >= 11 is 0. The van der Waals surface area contributed by atoms with Crippen molar-refractivity contribution in [2.75, 3.05) is 44.2 Å². The van der Waals surface area contributed by atoms with E-state index in [4.69, 9.17) is 4.74 Å². The summed E-state index contributed by atoms with van der Waals surface area (Å²) in [6.45, 7) is 11.1. The molecule has 2 fully saturated rings. The molecule has 0 bridgehead atoms. The first-order valence-corrected chi connectivity index (χ1v) is 10.8. The Kier molecular flexibility index (Phi) is 5.75. The maximum absolute atomic E-state index is 6.08. The van der Waals surface area contributed by atoms with Gasteiger partial charge in [-0.05, 0) is 57.4 Å². The van der Waals surface area contributed by atoms with Crippen LogP contribution in [-0.4, -0.2) is 49.8 Å². The predicted octanol–water partition coefficient (Wildman–Crippen LogP) is 4.73. The maximum atomic E-state index is 6.08. The highest BCUT2D eigenvalue weighted by Crippen LogP contribution is 2.44. The van der Waals surface area contributed by atoms with E-state index in [1.807, 2.05) is 0 Å². The molecule has 0 spiro atoms. The van der Waals surface area contributed by atoms with Crippen LogP contribution >= 0.6 is 0 Å². The van der Waals surface area contributed by atoms with Gasteiger partial charge in [0.25, 0.3) is 0 Å². The highest BCUT2D eigenvalue weighted by Gasteiger charge is 2.42. The SMILES string of the molecule is CC1(C)C[C@@](CCN2CCN(c3ccccc3)CC2)(c2ccccc2)CCO1. The molecule has 150 valence electrons. The Morgan fingerprint density at radius 3 is 2.14 bits per heavy atom. The topological polar surface area (TPSA) is 15.7 Å². The van der Waals surface area contributed by atoms with Gasteiger partial charge in [0.15, 0.2) is 0 Å². The molecule has 0 N–H and O–H groups in total. The van der Waals surface area contributed by atoms with Gasteiger partial charge in [-0.25, -0.2) is 0 Å². The fourth-order valence-corrected chi connectivity index (χ4v) is 5.11. The van der Waals surface area contributed by atoms with Crippen LogP contribution in [0.15, 0.2) is 60.7 Å². The van der Waals surface area contributed by atoms with Gasteiger partial charge >= 0.3 is 0 Å². The van der Waals surface area contributed by atoms with Crippen molar-refractivity contribution < 1.29 is 4.74 Å². The van der Waals surface area contributed by atoms with Crippen molar-refractivity contribution in [3.05, 3.63) is 66.2 Å². The minimum Gasteiger partial charge on any atom is -0.376 e. The second-order valence-corrected chi connectivity index (χ2v) is 9.10. The lowest BCUT2D eigenvalue weighted by atomic mass is 9.67. The largest absolute Gasteiger partial charge is 0.376 e. The summed E-state index contributed by atoms with van der Waals surface area (Å²) in [6.07, 6.45) is 3.45. The van der Waals surface area contributed by atoms with Crippen molar-refractivity contribution in [1.82, 2.24) is 4.90 Å². The second-order valence-electron chi connectivity index (χ2n) is 9.10. The Bertz CT molecular complexity index is 738. The first-order chi connectivity index (χ1) is 13.6. The van der Waals surface area contributed by atoms with E-state index in [0.717, 1.165) is 45.6 Å². The molecule has 4 rings (SSSR count). The predicted molar refractivity (Wildman–Crippen MR) is 117 cm³/mol. The number of hydrogen-bond donors (Lipinski definition) is 0. The molecule has 3 heteroatoms. The summed E-state index contributed by atoms with van der Waals surface area (Å²) in [5.74, 6) is 0. The standard InChI is InChI=1S/C25H34N2O/c1-24(2)21-25(14-20-28-24,22-9-5-3-6-10-22)13-15-26-16-18-27(19-17-26)23-11-7-4-8-12-23/h3-12H,13-21H2,1-2H3/t25-/m0/s1. The third-order valence-electron chi connectivity index (χ3n) is 6.62. The molecular weight excluding hydrogens is 344 g/mol. The molecule has 2 aromatic carbocycles. The van der Waals surface area contributed by atoms with Crippen molar-refractivity contribution in [1.29, 1.82) is 0 Å². The maximum Gasteiger partial charge on any atom is 0.0635 e. The number of benzene rings is 2. The fourth-order valence-electron chi connectivity index (χ4n) is 5.11. The monoisotopic (exact) mass is 378 g/mol. The number of piperazine rings is 1. The Morgan fingerprint density at radius 1 is 0.857 bits per heavy atom. The third-order valence-corrected chi connectivity index (χ3v) is 6.62. The van der Waals surface area contributed by atoms with Crippen molar-refractivity contribution in [2.24, 2.45) is 0 Å². The molecule has 0 radical (unpaired) electrons. The van der Waals surface area contributed by atoms with Gasteiger partial charge in [0, 0.05) is 43.9 Å². The lowest BCUT2D eigenvalue weighted by molar-refractivity contribution is -0.0853. The Morgan fingerprint density at radius 2 is 1.50 bits per heavy atom. The second kappa shape index (κ2) is 8.26. The van der Waals surface area contributed by atoms with E-state index in [1.54, 1.807) is 0 Å². The normalized spacial score (nSPS) is 25.6. The van der Waals surface area contributed by atoms with Crippen LogP contribution in [-0.2, 0) is 10.2 Å². The average molecular weight is 379 g/mol. The van der Waals surface area contributed by atoms with E-state index >= 15 is 0 Å². The molecule has 3 nitrogen and oxygen atoms in total. The number of hydrogen-bond acceptors (Lipinski definition) is 3. The first-order valence-electron chi connectivity index (χ1n) is 10.8. The fraction of sp³-hybridized carbons (Fsp3) is 0.520. The number of anilines is 1. The zero-order valence-electron chi connectivity index (χ0n) is 17.4.